The molecule has 0 aliphatic carbocycles. The number of alkyl carbamates (subject to hydrolysis) is 1. The molecule has 0 spiro atoms. The molecule has 1 atom stereocenters. The Morgan fingerprint density at radius 2 is 1.77 bits per heavy atom. The molecule has 0 radical (unpaired) electrons. The van der Waals surface area contributed by atoms with Crippen LogP contribution < -0.4 is 5.32 Å². The number of hydrogen-bond acceptors (Lipinski definition) is 3. The van der Waals surface area contributed by atoms with Crippen LogP contribution in [0.5, 0.6) is 0 Å². The van der Waals surface area contributed by atoms with E-state index in [0.717, 1.165) is 40.7 Å². The molecule has 5 nitrogen and oxygen atoms in total. The number of rotatable bonds is 3. The van der Waals surface area contributed by atoms with E-state index >= 15 is 0 Å². The number of piperidine rings is 1. The predicted molar refractivity (Wildman–Crippen MR) is 120 cm³/mol. The summed E-state index contributed by atoms with van der Waals surface area (Å²) in [7, 11) is 0. The van der Waals surface area contributed by atoms with Crippen molar-refractivity contribution in [1.29, 1.82) is 0 Å². The first kappa shape index (κ1) is 21.9. The van der Waals surface area contributed by atoms with Crippen LogP contribution >= 0.6 is 0 Å². The van der Waals surface area contributed by atoms with Crippen LogP contribution in [-0.4, -0.2) is 41.6 Å². The summed E-state index contributed by atoms with van der Waals surface area (Å²) in [6.07, 6.45) is 1.25. The monoisotopic (exact) mass is 408 g/mol. The molecule has 0 unspecified atom stereocenters. The Kier molecular flexibility index (Phi) is 6.49. The molecule has 2 amide bonds. The number of carbonyl (C=O) groups excluding carboxylic acids is 2. The molecular formula is C25H32N2O3. The quantitative estimate of drug-likeness (QED) is 0.769. The van der Waals surface area contributed by atoms with Gasteiger partial charge in [0.1, 0.15) is 5.60 Å². The van der Waals surface area contributed by atoms with Crippen molar-refractivity contribution in [2.45, 2.75) is 59.1 Å². The molecule has 1 fully saturated rings. The Hall–Kier alpha value is -2.82. The third kappa shape index (κ3) is 5.21. The number of benzene rings is 2. The Morgan fingerprint density at radius 1 is 1.07 bits per heavy atom. The highest BCUT2D eigenvalue weighted by atomic mass is 16.6. The first-order valence-electron chi connectivity index (χ1n) is 10.6. The summed E-state index contributed by atoms with van der Waals surface area (Å²) in [4.78, 5) is 27.6. The van der Waals surface area contributed by atoms with E-state index in [1.807, 2.05) is 75.9 Å². The topological polar surface area (TPSA) is 58.6 Å². The van der Waals surface area contributed by atoms with Crippen LogP contribution in [-0.2, 0) is 4.74 Å². The van der Waals surface area contributed by atoms with Crippen molar-refractivity contribution < 1.29 is 14.3 Å². The molecule has 1 N–H and O–H groups in total. The Labute approximate surface area is 179 Å². The zero-order chi connectivity index (χ0) is 21.9. The van der Waals surface area contributed by atoms with Gasteiger partial charge in [0, 0.05) is 19.1 Å². The van der Waals surface area contributed by atoms with Gasteiger partial charge in [0.15, 0.2) is 0 Å². The van der Waals surface area contributed by atoms with E-state index in [9.17, 15) is 9.59 Å². The highest BCUT2D eigenvalue weighted by Gasteiger charge is 2.29. The van der Waals surface area contributed by atoms with Gasteiger partial charge >= 0.3 is 6.09 Å². The zero-order valence-corrected chi connectivity index (χ0v) is 18.6. The third-order valence-corrected chi connectivity index (χ3v) is 5.46. The minimum Gasteiger partial charge on any atom is -0.444 e. The van der Waals surface area contributed by atoms with Crippen molar-refractivity contribution in [3.8, 4) is 11.1 Å². The van der Waals surface area contributed by atoms with Gasteiger partial charge in [-0.05, 0) is 69.7 Å². The van der Waals surface area contributed by atoms with E-state index < -0.39 is 11.7 Å². The average Bonchev–Trinajstić information content (AvgIpc) is 2.69. The van der Waals surface area contributed by atoms with Gasteiger partial charge in [0.2, 0.25) is 0 Å². The first-order chi connectivity index (χ1) is 14.2. The van der Waals surface area contributed by atoms with Crippen LogP contribution in [0.15, 0.2) is 42.5 Å². The van der Waals surface area contributed by atoms with E-state index in [4.69, 9.17) is 4.74 Å². The van der Waals surface area contributed by atoms with E-state index in [2.05, 4.69) is 11.4 Å². The number of nitrogens with zero attached hydrogens (tertiary/aromatic N) is 1. The predicted octanol–water partition coefficient (Wildman–Crippen LogP) is 5.10. The van der Waals surface area contributed by atoms with Gasteiger partial charge in [-0.2, -0.15) is 0 Å². The number of hydrogen-bond donors (Lipinski definition) is 1. The fraction of sp³-hybridized carbons (Fsp3) is 0.440. The second kappa shape index (κ2) is 8.90. The minimum absolute atomic E-state index is 0.0192. The van der Waals surface area contributed by atoms with E-state index in [1.165, 1.54) is 0 Å². The normalized spacial score (nSPS) is 16.8. The number of ether oxygens (including phenoxy) is 1. The molecule has 5 heteroatoms. The van der Waals surface area contributed by atoms with Crippen LogP contribution in [0.3, 0.4) is 0 Å². The first-order valence-corrected chi connectivity index (χ1v) is 10.6. The number of amides is 2. The van der Waals surface area contributed by atoms with Crippen LogP contribution in [0, 0.1) is 13.8 Å². The lowest BCUT2D eigenvalue weighted by Crippen LogP contribution is -2.50. The molecule has 0 saturated carbocycles. The summed E-state index contributed by atoms with van der Waals surface area (Å²) >= 11 is 0. The smallest absolute Gasteiger partial charge is 0.407 e. The van der Waals surface area contributed by atoms with Crippen molar-refractivity contribution in [3.63, 3.8) is 0 Å². The van der Waals surface area contributed by atoms with Crippen molar-refractivity contribution in [3.05, 3.63) is 59.2 Å². The summed E-state index contributed by atoms with van der Waals surface area (Å²) in [6.45, 7) is 10.7. The van der Waals surface area contributed by atoms with Crippen LogP contribution in [0.4, 0.5) is 4.79 Å². The van der Waals surface area contributed by atoms with Crippen molar-refractivity contribution in [2.75, 3.05) is 13.1 Å². The molecule has 2 aromatic rings. The van der Waals surface area contributed by atoms with Gasteiger partial charge in [-0.15, -0.1) is 0 Å². The molecule has 30 heavy (non-hydrogen) atoms. The maximum Gasteiger partial charge on any atom is 0.407 e. The van der Waals surface area contributed by atoms with Crippen molar-refractivity contribution in [1.82, 2.24) is 10.2 Å². The van der Waals surface area contributed by atoms with Crippen LogP contribution in [0.1, 0.15) is 55.1 Å². The fourth-order valence-electron chi connectivity index (χ4n) is 3.86. The van der Waals surface area contributed by atoms with Gasteiger partial charge in [-0.1, -0.05) is 42.5 Å². The second-order valence-corrected chi connectivity index (χ2v) is 9.03. The minimum atomic E-state index is -0.544. The maximum absolute atomic E-state index is 13.6. The van der Waals surface area contributed by atoms with Gasteiger partial charge < -0.3 is 15.0 Å². The van der Waals surface area contributed by atoms with Crippen LogP contribution in [0.25, 0.3) is 11.1 Å². The lowest BCUT2D eigenvalue weighted by molar-refractivity contribution is 0.0452. The average molecular weight is 409 g/mol. The number of carbonyl (C=O) groups is 2. The largest absolute Gasteiger partial charge is 0.444 e. The molecule has 0 bridgehead atoms. The molecule has 160 valence electrons. The lowest BCUT2D eigenvalue weighted by atomic mass is 9.91. The number of likely N-dealkylation sites (tertiary alicyclic amines) is 1. The van der Waals surface area contributed by atoms with E-state index in [0.29, 0.717) is 13.1 Å². The van der Waals surface area contributed by atoms with E-state index in [1.54, 1.807) is 0 Å². The lowest BCUT2D eigenvalue weighted by Gasteiger charge is -2.34. The van der Waals surface area contributed by atoms with E-state index in [-0.39, 0.29) is 11.9 Å². The summed E-state index contributed by atoms with van der Waals surface area (Å²) < 4.78 is 5.38. The molecular weight excluding hydrogens is 376 g/mol. The highest BCUT2D eigenvalue weighted by molar-refractivity contribution is 6.02. The molecule has 1 heterocycles. The van der Waals surface area contributed by atoms with Crippen molar-refractivity contribution in [2.24, 2.45) is 0 Å². The highest BCUT2D eigenvalue weighted by Crippen LogP contribution is 2.30. The molecule has 3 rings (SSSR count). The van der Waals surface area contributed by atoms with Gasteiger partial charge in [-0.3, -0.25) is 4.79 Å². The Bertz CT molecular complexity index is 916. The fourth-order valence-corrected chi connectivity index (χ4v) is 3.86. The number of nitrogens with one attached hydrogen (secondary N) is 1. The second-order valence-electron chi connectivity index (χ2n) is 9.03. The molecule has 0 aromatic heterocycles. The zero-order valence-electron chi connectivity index (χ0n) is 18.6. The van der Waals surface area contributed by atoms with Crippen LogP contribution in [0.2, 0.25) is 0 Å². The molecule has 2 aromatic carbocycles. The molecule has 1 aliphatic heterocycles. The Balaban J connectivity index is 1.83. The summed E-state index contributed by atoms with van der Waals surface area (Å²) in [5.41, 5.74) is 4.29. The summed E-state index contributed by atoms with van der Waals surface area (Å²) in [5, 5.41) is 2.93. The van der Waals surface area contributed by atoms with Gasteiger partial charge in [0.25, 0.3) is 5.91 Å². The molecule has 1 aliphatic rings. The maximum atomic E-state index is 13.6. The Morgan fingerprint density at radius 3 is 2.43 bits per heavy atom. The SMILES string of the molecule is Cc1ccc(-c2ccccc2)c(C(=O)N2CCC[C@@H](NC(=O)OC(C)(C)C)C2)c1C. The summed E-state index contributed by atoms with van der Waals surface area (Å²) in [5.74, 6) is 0.0192. The van der Waals surface area contributed by atoms with Gasteiger partial charge in [0.05, 0.1) is 5.56 Å². The molecule has 1 saturated heterocycles. The standard InChI is InChI=1S/C25H32N2O3/c1-17-13-14-21(19-10-7-6-8-11-19)22(18(17)2)23(28)27-15-9-12-20(16-27)26-24(29)30-25(3,4)5/h6-8,10-11,13-14,20H,9,12,15-16H2,1-5H3,(H,26,29)/t20-/m1/s1. The number of aryl methyl sites for hydroxylation is 1. The third-order valence-electron chi connectivity index (χ3n) is 5.46. The van der Waals surface area contributed by atoms with Crippen molar-refractivity contribution >= 4 is 12.0 Å². The summed E-state index contributed by atoms with van der Waals surface area (Å²) in [6, 6.07) is 14.0. The van der Waals surface area contributed by atoms with Gasteiger partial charge in [-0.25, -0.2) is 4.79 Å².